The fraction of sp³-hybridized carbons (Fsp3) is 0.296. The van der Waals surface area contributed by atoms with Crippen LogP contribution in [0.25, 0.3) is 0 Å². The third-order valence-corrected chi connectivity index (χ3v) is 8.04. The van der Waals surface area contributed by atoms with Crippen LogP contribution in [0, 0.1) is 13.8 Å². The molecule has 8 heteroatoms. The maximum absolute atomic E-state index is 13.6. The molecule has 0 saturated carbocycles. The van der Waals surface area contributed by atoms with E-state index in [9.17, 15) is 13.2 Å². The fourth-order valence-electron chi connectivity index (χ4n) is 4.31. The molecule has 0 unspecified atom stereocenters. The Hall–Kier alpha value is -2.87. The van der Waals surface area contributed by atoms with Gasteiger partial charge >= 0.3 is 0 Å². The van der Waals surface area contributed by atoms with Crippen molar-refractivity contribution in [2.75, 3.05) is 31.1 Å². The second kappa shape index (κ2) is 10.8. The number of sulfonamides is 1. The molecule has 184 valence electrons. The molecule has 1 amide bonds. The van der Waals surface area contributed by atoms with Gasteiger partial charge in [-0.1, -0.05) is 65.7 Å². The lowest BCUT2D eigenvalue weighted by atomic mass is 10.1. The summed E-state index contributed by atoms with van der Waals surface area (Å²) in [7, 11) is -3.87. The SMILES string of the molecule is Cc1ccc(S(=O)(=O)N[C@@H](Cc2ccccc2)C(=O)N2CCN(c3cc(Cl)ccc3C)CC2)cc1. The van der Waals surface area contributed by atoms with E-state index in [1.54, 1.807) is 29.2 Å². The molecule has 1 heterocycles. The summed E-state index contributed by atoms with van der Waals surface area (Å²) in [6.07, 6.45) is 0.276. The number of benzene rings is 3. The molecule has 1 N–H and O–H groups in total. The Morgan fingerprint density at radius 1 is 0.943 bits per heavy atom. The Morgan fingerprint density at radius 3 is 2.26 bits per heavy atom. The molecule has 0 aliphatic carbocycles. The Bertz CT molecular complexity index is 1270. The third-order valence-electron chi connectivity index (χ3n) is 6.31. The van der Waals surface area contributed by atoms with Crippen molar-refractivity contribution in [3.8, 4) is 0 Å². The zero-order valence-corrected chi connectivity index (χ0v) is 21.5. The average Bonchev–Trinajstić information content (AvgIpc) is 2.85. The topological polar surface area (TPSA) is 69.7 Å². The van der Waals surface area contributed by atoms with Crippen molar-refractivity contribution >= 4 is 33.2 Å². The molecule has 35 heavy (non-hydrogen) atoms. The highest BCUT2D eigenvalue weighted by Gasteiger charge is 2.31. The molecule has 1 aliphatic rings. The van der Waals surface area contributed by atoms with Crippen LogP contribution < -0.4 is 9.62 Å². The van der Waals surface area contributed by atoms with Gasteiger partial charge in [-0.15, -0.1) is 0 Å². The monoisotopic (exact) mass is 511 g/mol. The fourth-order valence-corrected chi connectivity index (χ4v) is 5.67. The molecule has 0 radical (unpaired) electrons. The summed E-state index contributed by atoms with van der Waals surface area (Å²) >= 11 is 6.20. The van der Waals surface area contributed by atoms with Gasteiger partial charge in [0.05, 0.1) is 4.90 Å². The van der Waals surface area contributed by atoms with Gasteiger partial charge in [-0.25, -0.2) is 8.42 Å². The van der Waals surface area contributed by atoms with Gasteiger partial charge in [-0.3, -0.25) is 4.79 Å². The first-order valence-electron chi connectivity index (χ1n) is 11.7. The van der Waals surface area contributed by atoms with Crippen LogP contribution in [0.1, 0.15) is 16.7 Å². The first-order chi connectivity index (χ1) is 16.7. The molecule has 3 aromatic rings. The van der Waals surface area contributed by atoms with Crippen LogP contribution in [0.4, 0.5) is 5.69 Å². The number of hydrogen-bond donors (Lipinski definition) is 1. The van der Waals surface area contributed by atoms with Crippen LogP contribution >= 0.6 is 11.6 Å². The summed E-state index contributed by atoms with van der Waals surface area (Å²) < 4.78 is 29.0. The van der Waals surface area contributed by atoms with Crippen molar-refractivity contribution < 1.29 is 13.2 Å². The highest BCUT2D eigenvalue weighted by atomic mass is 35.5. The first kappa shape index (κ1) is 25.2. The number of carbonyl (C=O) groups excluding carboxylic acids is 1. The predicted molar refractivity (Wildman–Crippen MR) is 140 cm³/mol. The second-order valence-corrected chi connectivity index (χ2v) is 11.1. The van der Waals surface area contributed by atoms with Crippen molar-refractivity contribution in [3.05, 3.63) is 94.5 Å². The molecule has 1 saturated heterocycles. The molecule has 0 bridgehead atoms. The molecular weight excluding hydrogens is 482 g/mol. The van der Waals surface area contributed by atoms with Crippen molar-refractivity contribution in [3.63, 3.8) is 0 Å². The molecule has 0 aromatic heterocycles. The van der Waals surface area contributed by atoms with Crippen molar-refractivity contribution in [2.24, 2.45) is 0 Å². The highest BCUT2D eigenvalue weighted by Crippen LogP contribution is 2.25. The summed E-state index contributed by atoms with van der Waals surface area (Å²) in [5.74, 6) is -0.216. The highest BCUT2D eigenvalue weighted by molar-refractivity contribution is 7.89. The van der Waals surface area contributed by atoms with E-state index < -0.39 is 16.1 Å². The molecule has 4 rings (SSSR count). The maximum atomic E-state index is 13.6. The molecule has 3 aromatic carbocycles. The number of rotatable bonds is 7. The van der Waals surface area contributed by atoms with E-state index in [0.29, 0.717) is 31.2 Å². The summed E-state index contributed by atoms with van der Waals surface area (Å²) in [6, 6.07) is 21.0. The minimum Gasteiger partial charge on any atom is -0.368 e. The Labute approximate surface area is 212 Å². The van der Waals surface area contributed by atoms with Gasteiger partial charge in [0, 0.05) is 36.9 Å². The van der Waals surface area contributed by atoms with Gasteiger partial charge in [0.2, 0.25) is 15.9 Å². The molecule has 1 atom stereocenters. The van der Waals surface area contributed by atoms with E-state index in [2.05, 4.69) is 9.62 Å². The van der Waals surface area contributed by atoms with Gasteiger partial charge in [-0.05, 0) is 55.7 Å². The van der Waals surface area contributed by atoms with Gasteiger partial charge in [0.15, 0.2) is 0 Å². The van der Waals surface area contributed by atoms with Crippen molar-refractivity contribution in [1.82, 2.24) is 9.62 Å². The second-order valence-electron chi connectivity index (χ2n) is 8.92. The quantitative estimate of drug-likeness (QED) is 0.516. The van der Waals surface area contributed by atoms with Gasteiger partial charge in [0.25, 0.3) is 0 Å². The summed E-state index contributed by atoms with van der Waals surface area (Å²) in [5.41, 5.74) is 4.05. The molecule has 1 fully saturated rings. The number of anilines is 1. The zero-order valence-electron chi connectivity index (χ0n) is 19.9. The largest absolute Gasteiger partial charge is 0.368 e. The normalized spacial score (nSPS) is 15.2. The number of nitrogens with zero attached hydrogens (tertiary/aromatic N) is 2. The van der Waals surface area contributed by atoms with Crippen LogP contribution in [-0.4, -0.2) is 51.4 Å². The van der Waals surface area contributed by atoms with Gasteiger partial charge in [-0.2, -0.15) is 4.72 Å². The number of halogens is 1. The molecular formula is C27H30ClN3O3S. The van der Waals surface area contributed by atoms with Crippen LogP contribution in [0.3, 0.4) is 0 Å². The number of carbonyl (C=O) groups is 1. The van der Waals surface area contributed by atoms with E-state index >= 15 is 0 Å². The van der Waals surface area contributed by atoms with Gasteiger partial charge in [0.1, 0.15) is 6.04 Å². The van der Waals surface area contributed by atoms with Gasteiger partial charge < -0.3 is 9.80 Å². The van der Waals surface area contributed by atoms with Crippen LogP contribution in [0.15, 0.2) is 77.7 Å². The Kier molecular flexibility index (Phi) is 7.79. The maximum Gasteiger partial charge on any atom is 0.241 e. The van der Waals surface area contributed by atoms with Crippen molar-refractivity contribution in [2.45, 2.75) is 31.2 Å². The molecule has 1 aliphatic heterocycles. The Balaban J connectivity index is 1.51. The lowest BCUT2D eigenvalue weighted by Gasteiger charge is -2.38. The number of nitrogens with one attached hydrogen (secondary N) is 1. The zero-order chi connectivity index (χ0) is 25.0. The first-order valence-corrected chi connectivity index (χ1v) is 13.5. The average molecular weight is 512 g/mol. The Morgan fingerprint density at radius 2 is 1.60 bits per heavy atom. The van der Waals surface area contributed by atoms with Crippen molar-refractivity contribution in [1.29, 1.82) is 0 Å². The number of aryl methyl sites for hydroxylation is 2. The number of hydrogen-bond acceptors (Lipinski definition) is 4. The summed E-state index contributed by atoms with van der Waals surface area (Å²) in [5, 5.41) is 0.678. The molecule has 0 spiro atoms. The lowest BCUT2D eigenvalue weighted by molar-refractivity contribution is -0.133. The van der Waals surface area contributed by atoms with E-state index in [1.165, 1.54) is 0 Å². The smallest absolute Gasteiger partial charge is 0.241 e. The van der Waals surface area contributed by atoms with E-state index in [0.717, 1.165) is 22.4 Å². The lowest BCUT2D eigenvalue weighted by Crippen LogP contribution is -2.55. The standard InChI is InChI=1S/C27H30ClN3O3S/c1-20-8-12-24(13-9-20)35(33,34)29-25(18-22-6-4-3-5-7-22)27(32)31-16-14-30(15-17-31)26-19-23(28)11-10-21(26)2/h3-13,19,25,29H,14-18H2,1-2H3/t25-/m0/s1. The minimum absolute atomic E-state index is 0.148. The number of amides is 1. The van der Waals surface area contributed by atoms with E-state index in [4.69, 9.17) is 11.6 Å². The summed E-state index contributed by atoms with van der Waals surface area (Å²) in [6.45, 7) is 6.24. The van der Waals surface area contributed by atoms with E-state index in [1.807, 2.05) is 62.4 Å². The minimum atomic E-state index is -3.87. The molecule has 6 nitrogen and oxygen atoms in total. The predicted octanol–water partition coefficient (Wildman–Crippen LogP) is 4.20. The summed E-state index contributed by atoms with van der Waals surface area (Å²) in [4.78, 5) is 17.7. The number of piperazine rings is 1. The van der Waals surface area contributed by atoms with Crippen LogP contribution in [-0.2, 0) is 21.2 Å². The van der Waals surface area contributed by atoms with Crippen LogP contribution in [0.2, 0.25) is 5.02 Å². The third kappa shape index (κ3) is 6.23. The van der Waals surface area contributed by atoms with Crippen LogP contribution in [0.5, 0.6) is 0 Å². The van der Waals surface area contributed by atoms with E-state index in [-0.39, 0.29) is 17.2 Å².